The Morgan fingerprint density at radius 2 is 1.87 bits per heavy atom. The number of amides is 2. The van der Waals surface area contributed by atoms with E-state index in [-0.39, 0.29) is 11.8 Å². The number of anilines is 2. The number of benzene rings is 2. The zero-order valence-electron chi connectivity index (χ0n) is 17.0. The quantitative estimate of drug-likeness (QED) is 0.558. The van der Waals surface area contributed by atoms with Crippen molar-refractivity contribution < 1.29 is 9.59 Å². The van der Waals surface area contributed by atoms with Crippen LogP contribution in [0.1, 0.15) is 30.1 Å². The molecule has 156 valence electrons. The summed E-state index contributed by atoms with van der Waals surface area (Å²) in [6.07, 6.45) is 6.32. The van der Waals surface area contributed by atoms with Gasteiger partial charge in [0.1, 0.15) is 5.01 Å². The zero-order valence-corrected chi connectivity index (χ0v) is 17.9. The predicted octanol–water partition coefficient (Wildman–Crippen LogP) is 5.00. The van der Waals surface area contributed by atoms with Gasteiger partial charge in [-0.2, -0.15) is 0 Å². The predicted molar refractivity (Wildman–Crippen MR) is 122 cm³/mol. The van der Waals surface area contributed by atoms with E-state index in [4.69, 9.17) is 0 Å². The van der Waals surface area contributed by atoms with Crippen molar-refractivity contribution in [3.05, 3.63) is 72.3 Å². The lowest BCUT2D eigenvalue weighted by atomic mass is 9.77. The molecule has 1 aromatic heterocycles. The first kappa shape index (κ1) is 19.6. The Hall–Kier alpha value is -3.32. The van der Waals surface area contributed by atoms with Crippen LogP contribution in [0.25, 0.3) is 10.6 Å². The Morgan fingerprint density at radius 1 is 1.03 bits per heavy atom. The molecule has 0 saturated heterocycles. The number of hydrogen-bond donors (Lipinski definition) is 2. The lowest BCUT2D eigenvalue weighted by molar-refractivity contribution is -0.126. The molecule has 5 rings (SSSR count). The molecule has 3 atom stereocenters. The van der Waals surface area contributed by atoms with Crippen LogP contribution in [0.3, 0.4) is 0 Å². The standard InChI is InChI=1S/C24H22N4O2S/c1-24(14-15-10-11-18(24)12-15)22(30)25-19-9-5-8-17(13-19)20(29)26-23-28-27-21(31-23)16-6-3-2-4-7-16/h2-11,13,15,18H,12,14H2,1H3,(H,25,30)(H,26,28,29)/t15-,18-,24-/m0/s1. The van der Waals surface area contributed by atoms with E-state index >= 15 is 0 Å². The Kier molecular flexibility index (Phi) is 4.90. The highest BCUT2D eigenvalue weighted by atomic mass is 32.1. The highest BCUT2D eigenvalue weighted by Crippen LogP contribution is 2.52. The van der Waals surface area contributed by atoms with Crippen molar-refractivity contribution in [3.63, 3.8) is 0 Å². The molecule has 31 heavy (non-hydrogen) atoms. The van der Waals surface area contributed by atoms with E-state index < -0.39 is 5.41 Å². The fourth-order valence-electron chi connectivity index (χ4n) is 4.51. The molecule has 7 heteroatoms. The van der Waals surface area contributed by atoms with Gasteiger partial charge in [-0.15, -0.1) is 10.2 Å². The van der Waals surface area contributed by atoms with Crippen LogP contribution in [0, 0.1) is 17.3 Å². The van der Waals surface area contributed by atoms with Crippen LogP contribution < -0.4 is 10.6 Å². The van der Waals surface area contributed by atoms with Gasteiger partial charge in [0.15, 0.2) is 0 Å². The summed E-state index contributed by atoms with van der Waals surface area (Å²) in [5.41, 5.74) is 1.63. The normalized spacial score (nSPS) is 23.6. The maximum Gasteiger partial charge on any atom is 0.257 e. The molecular weight excluding hydrogens is 408 g/mol. The van der Waals surface area contributed by atoms with E-state index in [0.29, 0.717) is 28.2 Å². The van der Waals surface area contributed by atoms with Crippen molar-refractivity contribution in [2.24, 2.45) is 17.3 Å². The lowest BCUT2D eigenvalue weighted by Gasteiger charge is -2.29. The minimum absolute atomic E-state index is 0.0125. The Morgan fingerprint density at radius 3 is 2.61 bits per heavy atom. The molecule has 1 heterocycles. The summed E-state index contributed by atoms with van der Waals surface area (Å²) in [5, 5.41) is 15.2. The van der Waals surface area contributed by atoms with Crippen molar-refractivity contribution in [2.45, 2.75) is 19.8 Å². The van der Waals surface area contributed by atoms with E-state index in [1.54, 1.807) is 24.3 Å². The minimum atomic E-state index is -0.391. The number of carbonyl (C=O) groups excluding carboxylic acids is 2. The molecule has 2 aliphatic carbocycles. The number of rotatable bonds is 5. The number of fused-ring (bicyclic) bond motifs is 2. The zero-order chi connectivity index (χ0) is 21.4. The summed E-state index contributed by atoms with van der Waals surface area (Å²) < 4.78 is 0. The SMILES string of the molecule is C[C@]1(C(=O)Nc2cccc(C(=O)Nc3nnc(-c4ccccc4)s3)c2)C[C@H]2C=C[C@H]1C2. The average molecular weight is 431 g/mol. The highest BCUT2D eigenvalue weighted by Gasteiger charge is 2.49. The van der Waals surface area contributed by atoms with Gasteiger partial charge in [0, 0.05) is 16.8 Å². The van der Waals surface area contributed by atoms with Crippen molar-refractivity contribution in [3.8, 4) is 10.6 Å². The van der Waals surface area contributed by atoms with Crippen LogP contribution in [-0.4, -0.2) is 22.0 Å². The molecule has 2 aliphatic rings. The van der Waals surface area contributed by atoms with Crippen LogP contribution in [0.4, 0.5) is 10.8 Å². The molecule has 1 saturated carbocycles. The second-order valence-corrected chi connectivity index (χ2v) is 9.35. The molecular formula is C24H22N4O2S. The largest absolute Gasteiger partial charge is 0.326 e. The van der Waals surface area contributed by atoms with Crippen LogP contribution in [0.5, 0.6) is 0 Å². The molecule has 0 aliphatic heterocycles. The van der Waals surface area contributed by atoms with Gasteiger partial charge >= 0.3 is 0 Å². The third kappa shape index (κ3) is 3.77. The molecule has 1 fully saturated rings. The summed E-state index contributed by atoms with van der Waals surface area (Å²) in [6, 6.07) is 16.7. The molecule has 2 bridgehead atoms. The van der Waals surface area contributed by atoms with Crippen LogP contribution in [-0.2, 0) is 4.79 Å². The first-order valence-corrected chi connectivity index (χ1v) is 11.1. The smallest absolute Gasteiger partial charge is 0.257 e. The fraction of sp³-hybridized carbons (Fsp3) is 0.250. The molecule has 3 aromatic rings. The lowest BCUT2D eigenvalue weighted by Crippen LogP contribution is -2.36. The molecule has 0 spiro atoms. The second kappa shape index (κ2) is 7.74. The number of aromatic nitrogens is 2. The van der Waals surface area contributed by atoms with Crippen LogP contribution in [0.15, 0.2) is 66.7 Å². The molecule has 2 aromatic carbocycles. The van der Waals surface area contributed by atoms with Gasteiger partial charge < -0.3 is 5.32 Å². The number of nitrogens with one attached hydrogen (secondary N) is 2. The van der Waals surface area contributed by atoms with Crippen molar-refractivity contribution in [1.82, 2.24) is 10.2 Å². The Bertz CT molecular complexity index is 1170. The van der Waals surface area contributed by atoms with Gasteiger partial charge in [0.25, 0.3) is 5.91 Å². The Labute approximate surface area is 184 Å². The molecule has 6 nitrogen and oxygen atoms in total. The van der Waals surface area contributed by atoms with Crippen LogP contribution in [0.2, 0.25) is 0 Å². The van der Waals surface area contributed by atoms with E-state index in [1.807, 2.05) is 37.3 Å². The van der Waals surface area contributed by atoms with Gasteiger partial charge in [-0.05, 0) is 42.9 Å². The highest BCUT2D eigenvalue weighted by molar-refractivity contribution is 7.18. The summed E-state index contributed by atoms with van der Waals surface area (Å²) in [7, 11) is 0. The van der Waals surface area contributed by atoms with E-state index in [1.165, 1.54) is 11.3 Å². The van der Waals surface area contributed by atoms with Crippen molar-refractivity contribution in [2.75, 3.05) is 10.6 Å². The van der Waals surface area contributed by atoms with Gasteiger partial charge in [0.05, 0.1) is 5.41 Å². The maximum absolute atomic E-state index is 13.0. The molecule has 2 N–H and O–H groups in total. The van der Waals surface area contributed by atoms with E-state index in [2.05, 4.69) is 33.0 Å². The summed E-state index contributed by atoms with van der Waals surface area (Å²) in [4.78, 5) is 25.7. The average Bonchev–Trinajstić information content (AvgIpc) is 3.51. The molecule has 2 amide bonds. The summed E-state index contributed by atoms with van der Waals surface area (Å²) in [5.74, 6) is 0.519. The first-order valence-electron chi connectivity index (χ1n) is 10.3. The van der Waals surface area contributed by atoms with Gasteiger partial charge in [0.2, 0.25) is 11.0 Å². The topological polar surface area (TPSA) is 84.0 Å². The first-order chi connectivity index (χ1) is 15.0. The van der Waals surface area contributed by atoms with Crippen molar-refractivity contribution >= 4 is 34.0 Å². The number of nitrogens with zero attached hydrogens (tertiary/aromatic N) is 2. The summed E-state index contributed by atoms with van der Waals surface area (Å²) >= 11 is 1.32. The Balaban J connectivity index is 1.27. The minimum Gasteiger partial charge on any atom is -0.326 e. The number of allylic oxidation sites excluding steroid dienone is 2. The number of hydrogen-bond acceptors (Lipinski definition) is 5. The third-order valence-electron chi connectivity index (χ3n) is 6.24. The monoisotopic (exact) mass is 430 g/mol. The third-order valence-corrected chi connectivity index (χ3v) is 7.13. The van der Waals surface area contributed by atoms with Crippen molar-refractivity contribution in [1.29, 1.82) is 0 Å². The molecule has 0 radical (unpaired) electrons. The summed E-state index contributed by atoms with van der Waals surface area (Å²) in [6.45, 7) is 2.03. The second-order valence-electron chi connectivity index (χ2n) is 8.38. The number of carbonyl (C=O) groups is 2. The van der Waals surface area contributed by atoms with E-state index in [0.717, 1.165) is 23.4 Å². The van der Waals surface area contributed by atoms with Gasteiger partial charge in [-0.25, -0.2) is 0 Å². The fourth-order valence-corrected chi connectivity index (χ4v) is 5.25. The molecule has 0 unspecified atom stereocenters. The van der Waals surface area contributed by atoms with Gasteiger partial charge in [-0.1, -0.05) is 66.8 Å². The van der Waals surface area contributed by atoms with Gasteiger partial charge in [-0.3, -0.25) is 14.9 Å². The maximum atomic E-state index is 13.0. The van der Waals surface area contributed by atoms with Crippen LogP contribution >= 0.6 is 11.3 Å². The van der Waals surface area contributed by atoms with E-state index in [9.17, 15) is 9.59 Å².